The summed E-state index contributed by atoms with van der Waals surface area (Å²) >= 11 is 1.53. The molecule has 3 N–H and O–H groups in total. The molecular formula is C30H23N7O2S. The van der Waals surface area contributed by atoms with Crippen LogP contribution in [-0.2, 0) is 0 Å². The summed E-state index contributed by atoms with van der Waals surface area (Å²) in [5, 5.41) is 11.2. The zero-order valence-electron chi connectivity index (χ0n) is 21.6. The topological polar surface area (TPSA) is 120 Å². The highest BCUT2D eigenvalue weighted by Gasteiger charge is 2.24. The van der Waals surface area contributed by atoms with E-state index in [1.807, 2.05) is 73.8 Å². The molecule has 196 valence electrons. The van der Waals surface area contributed by atoms with E-state index in [2.05, 4.69) is 32.2 Å². The normalized spacial score (nSPS) is 11.8. The fourth-order valence-electron chi connectivity index (χ4n) is 4.66. The van der Waals surface area contributed by atoms with Gasteiger partial charge in [-0.3, -0.25) is 14.2 Å². The number of hydrogen-bond acceptors (Lipinski definition) is 7. The molecule has 2 aromatic carbocycles. The molecule has 0 saturated heterocycles. The van der Waals surface area contributed by atoms with E-state index in [4.69, 9.17) is 5.73 Å². The van der Waals surface area contributed by atoms with Gasteiger partial charge in [0, 0.05) is 34.7 Å². The van der Waals surface area contributed by atoms with Crippen molar-refractivity contribution in [1.29, 1.82) is 0 Å². The van der Waals surface area contributed by atoms with Gasteiger partial charge in [-0.2, -0.15) is 0 Å². The van der Waals surface area contributed by atoms with Crippen molar-refractivity contribution in [1.82, 2.24) is 29.5 Å². The molecule has 0 bridgehead atoms. The van der Waals surface area contributed by atoms with Crippen molar-refractivity contribution in [2.75, 3.05) is 5.73 Å². The summed E-state index contributed by atoms with van der Waals surface area (Å²) in [7, 11) is 0. The number of thiazole rings is 1. The second-order valence-corrected chi connectivity index (χ2v) is 10.2. The van der Waals surface area contributed by atoms with E-state index in [0.29, 0.717) is 39.1 Å². The maximum atomic E-state index is 14.2. The number of aromatic nitrogens is 5. The largest absolute Gasteiger partial charge is 0.381 e. The highest BCUT2D eigenvalue weighted by Crippen LogP contribution is 2.24. The van der Waals surface area contributed by atoms with Crippen LogP contribution in [0, 0.1) is 18.8 Å². The van der Waals surface area contributed by atoms with Gasteiger partial charge in [-0.05, 0) is 55.5 Å². The maximum Gasteiger partial charge on any atom is 0.264 e. The molecule has 1 amide bonds. The third-order valence-corrected chi connectivity index (χ3v) is 7.25. The first-order chi connectivity index (χ1) is 19.4. The average Bonchev–Trinajstić information content (AvgIpc) is 3.53. The number of nitrogen functional groups attached to an aromatic ring is 1. The Kier molecular flexibility index (Phi) is 6.34. The molecule has 0 spiro atoms. The number of fused-ring (bicyclic) bond motifs is 2. The van der Waals surface area contributed by atoms with Gasteiger partial charge in [0.2, 0.25) is 0 Å². The van der Waals surface area contributed by atoms with Crippen LogP contribution in [0.1, 0.15) is 45.3 Å². The summed E-state index contributed by atoms with van der Waals surface area (Å²) in [4.78, 5) is 36.2. The molecule has 4 aromatic heterocycles. The Labute approximate surface area is 233 Å². The van der Waals surface area contributed by atoms with Crippen LogP contribution in [-0.4, -0.2) is 30.1 Å². The van der Waals surface area contributed by atoms with Gasteiger partial charge in [0.1, 0.15) is 11.3 Å². The summed E-state index contributed by atoms with van der Waals surface area (Å²) in [6, 6.07) is 17.9. The standard InChI is InChI=1S/C30H23N7O2S/c1-18(33-29(38)26-27(31)35-36-15-7-14-32-28(26)36)24-16-21-9-6-8-20(12-13-22-17-40-19(2)34-22)25(21)30(39)37(24)23-10-4-3-5-11-23/h3-11,14-18H,1-2H3,(H2,31,35)(H,33,38). The van der Waals surface area contributed by atoms with Crippen molar-refractivity contribution >= 4 is 39.5 Å². The number of para-hydroxylation sites is 1. The molecule has 0 saturated carbocycles. The Hall–Kier alpha value is -5.27. The van der Waals surface area contributed by atoms with Crippen LogP contribution in [0.2, 0.25) is 0 Å². The van der Waals surface area contributed by atoms with Crippen molar-refractivity contribution in [2.45, 2.75) is 19.9 Å². The molecule has 0 aliphatic rings. The predicted octanol–water partition coefficient (Wildman–Crippen LogP) is 4.27. The van der Waals surface area contributed by atoms with Crippen LogP contribution in [0.3, 0.4) is 0 Å². The van der Waals surface area contributed by atoms with E-state index in [1.54, 1.807) is 23.0 Å². The second-order valence-electron chi connectivity index (χ2n) is 9.16. The van der Waals surface area contributed by atoms with E-state index in [-0.39, 0.29) is 16.9 Å². The van der Waals surface area contributed by atoms with E-state index in [9.17, 15) is 9.59 Å². The minimum absolute atomic E-state index is 0.0703. The molecular weight excluding hydrogens is 522 g/mol. The number of nitrogens with two attached hydrogens (primary N) is 1. The number of nitrogens with zero attached hydrogens (tertiary/aromatic N) is 5. The van der Waals surface area contributed by atoms with Gasteiger partial charge in [-0.1, -0.05) is 36.3 Å². The predicted molar refractivity (Wildman–Crippen MR) is 156 cm³/mol. The Balaban J connectivity index is 1.48. The van der Waals surface area contributed by atoms with Crippen LogP contribution < -0.4 is 16.6 Å². The average molecular weight is 546 g/mol. The lowest BCUT2D eigenvalue weighted by molar-refractivity contribution is 0.0941. The van der Waals surface area contributed by atoms with Gasteiger partial charge >= 0.3 is 0 Å². The van der Waals surface area contributed by atoms with Gasteiger partial charge in [0.05, 0.1) is 16.4 Å². The first kappa shape index (κ1) is 25.0. The summed E-state index contributed by atoms with van der Waals surface area (Å²) in [5.41, 5.74) is 8.89. The third kappa shape index (κ3) is 4.48. The number of anilines is 1. The number of pyridine rings is 1. The molecule has 40 heavy (non-hydrogen) atoms. The summed E-state index contributed by atoms with van der Waals surface area (Å²) in [6.07, 6.45) is 3.24. The Bertz CT molecular complexity index is 2030. The lowest BCUT2D eigenvalue weighted by atomic mass is 10.0. The molecule has 9 nitrogen and oxygen atoms in total. The van der Waals surface area contributed by atoms with Gasteiger partial charge in [0.25, 0.3) is 11.5 Å². The number of aryl methyl sites for hydroxylation is 1. The fourth-order valence-corrected chi connectivity index (χ4v) is 5.21. The van der Waals surface area contributed by atoms with Crippen LogP contribution >= 0.6 is 11.3 Å². The summed E-state index contributed by atoms with van der Waals surface area (Å²) in [6.45, 7) is 3.75. The Morgan fingerprint density at radius 1 is 1.10 bits per heavy atom. The Morgan fingerprint density at radius 2 is 1.93 bits per heavy atom. The summed E-state index contributed by atoms with van der Waals surface area (Å²) in [5.74, 6) is 5.85. The van der Waals surface area contributed by atoms with Gasteiger partial charge in [-0.25, -0.2) is 14.5 Å². The molecule has 10 heteroatoms. The zero-order chi connectivity index (χ0) is 27.8. The van der Waals surface area contributed by atoms with Gasteiger partial charge in [0.15, 0.2) is 11.5 Å². The fraction of sp³-hybridized carbons (Fsp3) is 0.100. The number of hydrogen-bond donors (Lipinski definition) is 2. The van der Waals surface area contributed by atoms with Crippen LogP contribution in [0.25, 0.3) is 22.1 Å². The number of benzene rings is 2. The smallest absolute Gasteiger partial charge is 0.264 e. The second kappa shape index (κ2) is 10.1. The van der Waals surface area contributed by atoms with Gasteiger partial charge < -0.3 is 11.1 Å². The number of carbonyl (C=O) groups excluding carboxylic acids is 1. The number of amides is 1. The molecule has 6 rings (SSSR count). The first-order valence-corrected chi connectivity index (χ1v) is 13.4. The van der Waals surface area contributed by atoms with E-state index >= 15 is 0 Å². The van der Waals surface area contributed by atoms with Crippen molar-refractivity contribution in [2.24, 2.45) is 0 Å². The van der Waals surface area contributed by atoms with Gasteiger partial charge in [-0.15, -0.1) is 16.4 Å². The molecule has 0 aliphatic heterocycles. The van der Waals surface area contributed by atoms with E-state index in [0.717, 1.165) is 5.01 Å². The van der Waals surface area contributed by atoms with E-state index in [1.165, 1.54) is 15.9 Å². The van der Waals surface area contributed by atoms with Crippen LogP contribution in [0.4, 0.5) is 5.82 Å². The molecule has 4 heterocycles. The van der Waals surface area contributed by atoms with Crippen molar-refractivity contribution in [3.8, 4) is 17.5 Å². The van der Waals surface area contributed by atoms with Crippen LogP contribution in [0.5, 0.6) is 0 Å². The minimum Gasteiger partial charge on any atom is -0.381 e. The lowest BCUT2D eigenvalue weighted by Gasteiger charge is -2.21. The Morgan fingerprint density at radius 3 is 2.70 bits per heavy atom. The number of nitrogens with one attached hydrogen (secondary N) is 1. The monoisotopic (exact) mass is 545 g/mol. The lowest BCUT2D eigenvalue weighted by Crippen LogP contribution is -2.32. The molecule has 0 aliphatic carbocycles. The minimum atomic E-state index is -0.574. The SMILES string of the molecule is Cc1nc(C#Cc2cccc3cc(C(C)NC(=O)c4c(N)nn5cccnc45)n(-c4ccccc4)c(=O)c23)cs1. The first-order valence-electron chi connectivity index (χ1n) is 12.5. The molecule has 1 atom stereocenters. The molecule has 6 aromatic rings. The highest BCUT2D eigenvalue weighted by molar-refractivity contribution is 7.09. The maximum absolute atomic E-state index is 14.2. The summed E-state index contributed by atoms with van der Waals surface area (Å²) < 4.78 is 3.07. The molecule has 0 radical (unpaired) electrons. The third-order valence-electron chi connectivity index (χ3n) is 6.47. The van der Waals surface area contributed by atoms with Crippen LogP contribution in [0.15, 0.2) is 83.2 Å². The van der Waals surface area contributed by atoms with Crippen molar-refractivity contribution in [3.05, 3.63) is 116 Å². The van der Waals surface area contributed by atoms with Crippen molar-refractivity contribution in [3.63, 3.8) is 0 Å². The molecule has 0 fully saturated rings. The van der Waals surface area contributed by atoms with E-state index < -0.39 is 11.9 Å². The van der Waals surface area contributed by atoms with Crippen molar-refractivity contribution < 1.29 is 4.79 Å². The zero-order valence-corrected chi connectivity index (χ0v) is 22.4. The number of rotatable bonds is 4. The number of carbonyl (C=O) groups is 1. The quantitative estimate of drug-likeness (QED) is 0.319. The molecule has 1 unspecified atom stereocenters. The highest BCUT2D eigenvalue weighted by atomic mass is 32.1.